The van der Waals surface area contributed by atoms with Crippen molar-refractivity contribution < 1.29 is 4.42 Å². The van der Waals surface area contributed by atoms with E-state index in [0.717, 1.165) is 66.8 Å². The van der Waals surface area contributed by atoms with Crippen LogP contribution in [0, 0.1) is 13.8 Å². The molecule has 9 rings (SSSR count). The van der Waals surface area contributed by atoms with Crippen molar-refractivity contribution in [2.45, 2.75) is 13.8 Å². The predicted octanol–water partition coefficient (Wildman–Crippen LogP) is 13.4. The Balaban J connectivity index is 1.15. The van der Waals surface area contributed by atoms with Gasteiger partial charge in [0.05, 0.1) is 0 Å². The lowest BCUT2D eigenvalue weighted by molar-refractivity contribution is 0.670. The van der Waals surface area contributed by atoms with Crippen molar-refractivity contribution in [3.05, 3.63) is 181 Å². The first-order chi connectivity index (χ1) is 24.1. The molecule has 0 radical (unpaired) electrons. The van der Waals surface area contributed by atoms with Crippen LogP contribution in [0.1, 0.15) is 11.1 Å². The second-order valence-electron chi connectivity index (χ2n) is 12.9. The van der Waals surface area contributed by atoms with Crippen molar-refractivity contribution >= 4 is 77.6 Å². The molecule has 3 heteroatoms. The Kier molecular flexibility index (Phi) is 6.91. The van der Waals surface area contributed by atoms with Crippen LogP contribution >= 0.6 is 0 Å². The van der Waals surface area contributed by atoms with Gasteiger partial charge in [0.2, 0.25) is 0 Å². The van der Waals surface area contributed by atoms with Gasteiger partial charge >= 0.3 is 0 Å². The lowest BCUT2D eigenvalue weighted by atomic mass is 10.0. The Morgan fingerprint density at radius 2 is 0.694 bits per heavy atom. The van der Waals surface area contributed by atoms with E-state index in [1.54, 1.807) is 0 Å². The first-order valence-corrected chi connectivity index (χ1v) is 16.7. The molecule has 0 aliphatic heterocycles. The molecule has 234 valence electrons. The van der Waals surface area contributed by atoms with Crippen LogP contribution in [0.4, 0.5) is 34.1 Å². The molecule has 0 spiro atoms. The van der Waals surface area contributed by atoms with Crippen molar-refractivity contribution in [1.29, 1.82) is 0 Å². The van der Waals surface area contributed by atoms with Gasteiger partial charge in [-0.05, 0) is 132 Å². The molecule has 1 aromatic heterocycles. The standard InChI is InChI=1S/C46H34N2O/c1-31-13-19-39(20-14-31)47(37-9-5-3-6-10-37)41-23-17-33-27-43-44-28-34-18-24-42(26-36(34)30-46(44)49-45(43)29-35(33)25-41)48(38-11-7-4-8-12-38)40-21-15-32(2)16-22-40/h3-30H,1-2H3. The monoisotopic (exact) mass is 630 g/mol. The fourth-order valence-corrected chi connectivity index (χ4v) is 6.95. The zero-order valence-corrected chi connectivity index (χ0v) is 27.5. The average molecular weight is 631 g/mol. The second-order valence-corrected chi connectivity index (χ2v) is 12.9. The number of aryl methyl sites for hydroxylation is 2. The minimum atomic E-state index is 0.891. The number of benzene rings is 8. The summed E-state index contributed by atoms with van der Waals surface area (Å²) in [5.74, 6) is 0. The van der Waals surface area contributed by atoms with Crippen LogP contribution in [0.15, 0.2) is 174 Å². The second kappa shape index (κ2) is 11.7. The van der Waals surface area contributed by atoms with E-state index >= 15 is 0 Å². The van der Waals surface area contributed by atoms with Gasteiger partial charge in [-0.2, -0.15) is 0 Å². The molecule has 0 amide bonds. The normalized spacial score (nSPS) is 11.5. The molecule has 8 aromatic carbocycles. The van der Waals surface area contributed by atoms with Crippen LogP contribution < -0.4 is 9.80 Å². The highest BCUT2D eigenvalue weighted by molar-refractivity contribution is 6.14. The average Bonchev–Trinajstić information content (AvgIpc) is 3.48. The van der Waals surface area contributed by atoms with Crippen LogP contribution in [-0.4, -0.2) is 0 Å². The molecule has 0 fully saturated rings. The summed E-state index contributed by atoms with van der Waals surface area (Å²) < 4.78 is 6.61. The van der Waals surface area contributed by atoms with E-state index in [4.69, 9.17) is 4.42 Å². The van der Waals surface area contributed by atoms with Gasteiger partial charge in [-0.15, -0.1) is 0 Å². The molecule has 0 bridgehead atoms. The number of hydrogen-bond donors (Lipinski definition) is 0. The van der Waals surface area contributed by atoms with Gasteiger partial charge in [-0.1, -0.05) is 83.9 Å². The van der Waals surface area contributed by atoms with Crippen LogP contribution in [0.2, 0.25) is 0 Å². The fourth-order valence-electron chi connectivity index (χ4n) is 6.95. The molecule has 0 N–H and O–H groups in total. The lowest BCUT2D eigenvalue weighted by Crippen LogP contribution is -2.09. The van der Waals surface area contributed by atoms with Crippen molar-refractivity contribution in [3.8, 4) is 0 Å². The maximum atomic E-state index is 6.61. The van der Waals surface area contributed by atoms with E-state index in [1.165, 1.54) is 21.9 Å². The van der Waals surface area contributed by atoms with Crippen molar-refractivity contribution in [3.63, 3.8) is 0 Å². The number of furan rings is 1. The van der Waals surface area contributed by atoms with Crippen LogP contribution in [0.3, 0.4) is 0 Å². The summed E-state index contributed by atoms with van der Waals surface area (Å²) in [6, 6.07) is 60.8. The highest BCUT2D eigenvalue weighted by Crippen LogP contribution is 2.41. The minimum absolute atomic E-state index is 0.891. The van der Waals surface area contributed by atoms with Crippen LogP contribution in [0.25, 0.3) is 43.5 Å². The van der Waals surface area contributed by atoms with Crippen molar-refractivity contribution in [1.82, 2.24) is 0 Å². The maximum absolute atomic E-state index is 6.61. The fraction of sp³-hybridized carbons (Fsp3) is 0.0435. The molecule has 0 atom stereocenters. The van der Waals surface area contributed by atoms with Crippen LogP contribution in [0.5, 0.6) is 0 Å². The molecule has 0 saturated carbocycles. The third-order valence-corrected chi connectivity index (χ3v) is 9.48. The molecule has 0 aliphatic rings. The van der Waals surface area contributed by atoms with Gasteiger partial charge in [0, 0.05) is 44.9 Å². The summed E-state index contributed by atoms with van der Waals surface area (Å²) in [6.45, 7) is 4.25. The van der Waals surface area contributed by atoms with Crippen LogP contribution in [-0.2, 0) is 0 Å². The number of para-hydroxylation sites is 2. The summed E-state index contributed by atoms with van der Waals surface area (Å²) in [5.41, 5.74) is 11.0. The summed E-state index contributed by atoms with van der Waals surface area (Å²) in [6.07, 6.45) is 0. The smallest absolute Gasteiger partial charge is 0.136 e. The summed E-state index contributed by atoms with van der Waals surface area (Å²) >= 11 is 0. The summed E-state index contributed by atoms with van der Waals surface area (Å²) in [4.78, 5) is 4.61. The lowest BCUT2D eigenvalue weighted by Gasteiger charge is -2.26. The molecule has 1 heterocycles. The topological polar surface area (TPSA) is 19.6 Å². The molecule has 49 heavy (non-hydrogen) atoms. The van der Waals surface area contributed by atoms with E-state index in [2.05, 4.69) is 194 Å². The first-order valence-electron chi connectivity index (χ1n) is 16.7. The van der Waals surface area contributed by atoms with Gasteiger partial charge in [0.1, 0.15) is 11.2 Å². The van der Waals surface area contributed by atoms with Crippen molar-refractivity contribution in [2.24, 2.45) is 0 Å². The van der Waals surface area contributed by atoms with Gasteiger partial charge in [0.15, 0.2) is 0 Å². The molecule has 3 nitrogen and oxygen atoms in total. The Bertz CT molecular complexity index is 2420. The van der Waals surface area contributed by atoms with E-state index in [9.17, 15) is 0 Å². The largest absolute Gasteiger partial charge is 0.456 e. The number of anilines is 6. The number of hydrogen-bond acceptors (Lipinski definition) is 3. The molecule has 0 saturated heterocycles. The van der Waals surface area contributed by atoms with Gasteiger partial charge in [-0.3, -0.25) is 0 Å². The first kappa shape index (κ1) is 28.9. The molecular weight excluding hydrogens is 597 g/mol. The number of rotatable bonds is 6. The number of fused-ring (bicyclic) bond motifs is 5. The van der Waals surface area contributed by atoms with E-state index in [-0.39, 0.29) is 0 Å². The minimum Gasteiger partial charge on any atom is -0.456 e. The van der Waals surface area contributed by atoms with E-state index in [1.807, 2.05) is 0 Å². The molecule has 0 unspecified atom stereocenters. The zero-order chi connectivity index (χ0) is 32.9. The quantitative estimate of drug-likeness (QED) is 0.182. The van der Waals surface area contributed by atoms with E-state index in [0.29, 0.717) is 0 Å². The zero-order valence-electron chi connectivity index (χ0n) is 27.5. The summed E-state index contributed by atoms with van der Waals surface area (Å²) in [5, 5.41) is 6.90. The van der Waals surface area contributed by atoms with Gasteiger partial charge in [-0.25, -0.2) is 0 Å². The third-order valence-electron chi connectivity index (χ3n) is 9.48. The van der Waals surface area contributed by atoms with Gasteiger partial charge in [0.25, 0.3) is 0 Å². The SMILES string of the molecule is Cc1ccc(N(c2ccccc2)c2ccc3cc4c(cc3c2)oc2cc3cc(N(c5ccccc5)c5ccc(C)cc5)ccc3cc24)cc1. The third kappa shape index (κ3) is 5.26. The number of nitrogens with zero attached hydrogens (tertiary/aromatic N) is 2. The Morgan fingerprint density at radius 3 is 1.10 bits per heavy atom. The Hall–Kier alpha value is -6.32. The maximum Gasteiger partial charge on any atom is 0.136 e. The van der Waals surface area contributed by atoms with Gasteiger partial charge < -0.3 is 14.2 Å². The van der Waals surface area contributed by atoms with Crippen molar-refractivity contribution in [2.75, 3.05) is 9.80 Å². The highest BCUT2D eigenvalue weighted by atomic mass is 16.3. The van der Waals surface area contributed by atoms with E-state index < -0.39 is 0 Å². The highest BCUT2D eigenvalue weighted by Gasteiger charge is 2.17. The molecule has 0 aliphatic carbocycles. The summed E-state index contributed by atoms with van der Waals surface area (Å²) in [7, 11) is 0. The molecule has 9 aromatic rings. The Morgan fingerprint density at radius 1 is 0.327 bits per heavy atom. The predicted molar refractivity (Wildman–Crippen MR) is 208 cm³/mol. The Labute approximate surface area is 285 Å². The molecular formula is C46H34N2O.